The number of amides is 1. The lowest BCUT2D eigenvalue weighted by Gasteiger charge is -2.23. The molecule has 0 aromatic heterocycles. The number of rotatable bonds is 11. The van der Waals surface area contributed by atoms with Crippen molar-refractivity contribution in [1.82, 2.24) is 5.32 Å². The number of anilines is 1. The zero-order valence-corrected chi connectivity index (χ0v) is 20.0. The molecular weight excluding hydrogens is 453 g/mol. The molecule has 0 saturated heterocycles. The number of unbranched alkanes of at least 4 members (excludes halogenated alkanes) is 1. The predicted molar refractivity (Wildman–Crippen MR) is 125 cm³/mol. The first-order chi connectivity index (χ1) is 15.5. The van der Waals surface area contributed by atoms with Crippen LogP contribution in [-0.2, 0) is 22.7 Å². The van der Waals surface area contributed by atoms with Crippen molar-refractivity contribution >= 4 is 21.6 Å². The van der Waals surface area contributed by atoms with Gasteiger partial charge in [0.05, 0.1) is 24.1 Å². The van der Waals surface area contributed by atoms with Gasteiger partial charge < -0.3 is 5.32 Å². The van der Waals surface area contributed by atoms with Crippen LogP contribution in [0.1, 0.15) is 61.0 Å². The molecule has 0 radical (unpaired) electrons. The molecule has 0 unspecified atom stereocenters. The van der Waals surface area contributed by atoms with Gasteiger partial charge >= 0.3 is 6.18 Å². The number of benzene rings is 2. The standard InChI is InChI=1S/C24H31F3N2O3S/c1-4-6-7-18(5-2)16-28-23(30)20-10-8-19(9-11-20)17-29(33(3,31)32)22-14-12-21(13-15-22)24(25,26)27/h8-15,18H,4-7,16-17H2,1-3H3,(H,28,30)/t18-/m1/s1. The first kappa shape index (κ1) is 26.7. The molecule has 0 spiro atoms. The monoisotopic (exact) mass is 484 g/mol. The highest BCUT2D eigenvalue weighted by Gasteiger charge is 2.30. The molecule has 9 heteroatoms. The first-order valence-electron chi connectivity index (χ1n) is 11.0. The van der Waals surface area contributed by atoms with Crippen LogP contribution in [0, 0.1) is 5.92 Å². The lowest BCUT2D eigenvalue weighted by atomic mass is 9.99. The van der Waals surface area contributed by atoms with Crippen molar-refractivity contribution in [3.63, 3.8) is 0 Å². The molecule has 2 rings (SSSR count). The summed E-state index contributed by atoms with van der Waals surface area (Å²) < 4.78 is 64.0. The minimum atomic E-state index is -4.50. The Morgan fingerprint density at radius 1 is 1.03 bits per heavy atom. The summed E-state index contributed by atoms with van der Waals surface area (Å²) in [7, 11) is -3.75. The molecule has 0 aliphatic heterocycles. The summed E-state index contributed by atoms with van der Waals surface area (Å²) in [6.45, 7) is 4.77. The van der Waals surface area contributed by atoms with E-state index < -0.39 is 21.8 Å². The van der Waals surface area contributed by atoms with Gasteiger partial charge in [0.25, 0.3) is 5.91 Å². The van der Waals surface area contributed by atoms with E-state index in [1.54, 1.807) is 24.3 Å². The smallest absolute Gasteiger partial charge is 0.352 e. The van der Waals surface area contributed by atoms with Crippen LogP contribution in [0.15, 0.2) is 48.5 Å². The number of nitrogens with one attached hydrogen (secondary N) is 1. The summed E-state index contributed by atoms with van der Waals surface area (Å²) in [6, 6.07) is 10.5. The molecule has 1 atom stereocenters. The number of carbonyl (C=O) groups is 1. The number of nitrogens with zero attached hydrogens (tertiary/aromatic N) is 1. The van der Waals surface area contributed by atoms with Crippen LogP contribution in [0.5, 0.6) is 0 Å². The zero-order chi connectivity index (χ0) is 24.6. The Labute approximate surface area is 194 Å². The third kappa shape index (κ3) is 8.07. The molecule has 0 aliphatic carbocycles. The van der Waals surface area contributed by atoms with Gasteiger partial charge in [0.15, 0.2) is 0 Å². The second-order valence-electron chi connectivity index (χ2n) is 8.14. The Hall–Kier alpha value is -2.55. The molecule has 182 valence electrons. The maximum absolute atomic E-state index is 12.8. The highest BCUT2D eigenvalue weighted by Crippen LogP contribution is 2.31. The number of alkyl halides is 3. The van der Waals surface area contributed by atoms with Crippen LogP contribution >= 0.6 is 0 Å². The van der Waals surface area contributed by atoms with Crippen molar-refractivity contribution in [2.75, 3.05) is 17.1 Å². The fourth-order valence-electron chi connectivity index (χ4n) is 3.43. The minimum Gasteiger partial charge on any atom is -0.352 e. The van der Waals surface area contributed by atoms with Crippen molar-refractivity contribution in [2.24, 2.45) is 5.92 Å². The van der Waals surface area contributed by atoms with Crippen molar-refractivity contribution in [1.29, 1.82) is 0 Å². The molecule has 1 amide bonds. The molecule has 33 heavy (non-hydrogen) atoms. The molecule has 2 aromatic rings. The zero-order valence-electron chi connectivity index (χ0n) is 19.2. The maximum atomic E-state index is 12.8. The molecule has 2 aromatic carbocycles. The van der Waals surface area contributed by atoms with Gasteiger partial charge in [-0.05, 0) is 54.3 Å². The fourth-order valence-corrected chi connectivity index (χ4v) is 4.31. The van der Waals surface area contributed by atoms with Gasteiger partial charge in [-0.25, -0.2) is 8.42 Å². The summed E-state index contributed by atoms with van der Waals surface area (Å²) in [5, 5.41) is 2.95. The van der Waals surface area contributed by atoms with E-state index >= 15 is 0 Å². The molecular formula is C24H31F3N2O3S. The Balaban J connectivity index is 2.09. The second kappa shape index (κ2) is 11.5. The third-order valence-electron chi connectivity index (χ3n) is 5.52. The molecule has 0 saturated carbocycles. The normalized spacial score (nSPS) is 12.9. The summed E-state index contributed by atoms with van der Waals surface area (Å²) in [5.74, 6) is 0.236. The number of hydrogen-bond donors (Lipinski definition) is 1. The lowest BCUT2D eigenvalue weighted by Crippen LogP contribution is -2.30. The second-order valence-corrected chi connectivity index (χ2v) is 10.0. The number of carbonyl (C=O) groups excluding carboxylic acids is 1. The van der Waals surface area contributed by atoms with E-state index in [1.807, 2.05) is 0 Å². The van der Waals surface area contributed by atoms with Gasteiger partial charge in [-0.2, -0.15) is 13.2 Å². The van der Waals surface area contributed by atoms with E-state index in [0.717, 1.165) is 60.5 Å². The molecule has 1 N–H and O–H groups in total. The van der Waals surface area contributed by atoms with Crippen LogP contribution < -0.4 is 9.62 Å². The number of sulfonamides is 1. The van der Waals surface area contributed by atoms with Crippen LogP contribution in [0.4, 0.5) is 18.9 Å². The molecule has 0 aliphatic rings. The molecule has 0 heterocycles. The number of hydrogen-bond acceptors (Lipinski definition) is 3. The van der Waals surface area contributed by atoms with E-state index in [4.69, 9.17) is 0 Å². The SMILES string of the molecule is CCCC[C@@H](CC)CNC(=O)c1ccc(CN(c2ccc(C(F)(F)F)cc2)S(C)(=O)=O)cc1. The largest absolute Gasteiger partial charge is 0.416 e. The first-order valence-corrected chi connectivity index (χ1v) is 12.8. The maximum Gasteiger partial charge on any atom is 0.416 e. The van der Waals surface area contributed by atoms with E-state index in [9.17, 15) is 26.4 Å². The predicted octanol–water partition coefficient (Wildman–Crippen LogP) is 5.62. The van der Waals surface area contributed by atoms with Crippen molar-refractivity contribution in [3.8, 4) is 0 Å². The third-order valence-corrected chi connectivity index (χ3v) is 6.66. The van der Waals surface area contributed by atoms with E-state index in [0.29, 0.717) is 23.6 Å². The fraction of sp³-hybridized carbons (Fsp3) is 0.458. The van der Waals surface area contributed by atoms with Crippen LogP contribution in [0.3, 0.4) is 0 Å². The van der Waals surface area contributed by atoms with Crippen LogP contribution in [-0.4, -0.2) is 27.1 Å². The summed E-state index contributed by atoms with van der Waals surface area (Å²) in [4.78, 5) is 12.5. The summed E-state index contributed by atoms with van der Waals surface area (Å²) in [5.41, 5.74) is 0.343. The molecule has 5 nitrogen and oxygen atoms in total. The van der Waals surface area contributed by atoms with E-state index in [2.05, 4.69) is 19.2 Å². The Kier molecular flexibility index (Phi) is 9.34. The number of halogens is 3. The summed E-state index contributed by atoms with van der Waals surface area (Å²) in [6.07, 6.45) is 0.789. The van der Waals surface area contributed by atoms with Gasteiger partial charge in [-0.3, -0.25) is 9.10 Å². The van der Waals surface area contributed by atoms with Gasteiger partial charge in [-0.15, -0.1) is 0 Å². The van der Waals surface area contributed by atoms with Crippen LogP contribution in [0.2, 0.25) is 0 Å². The average molecular weight is 485 g/mol. The average Bonchev–Trinajstić information content (AvgIpc) is 2.76. The van der Waals surface area contributed by atoms with Crippen molar-refractivity contribution < 1.29 is 26.4 Å². The summed E-state index contributed by atoms with van der Waals surface area (Å²) >= 11 is 0. The minimum absolute atomic E-state index is 0.0684. The van der Waals surface area contributed by atoms with Crippen molar-refractivity contribution in [3.05, 3.63) is 65.2 Å². The topological polar surface area (TPSA) is 66.5 Å². The highest BCUT2D eigenvalue weighted by atomic mass is 32.2. The van der Waals surface area contributed by atoms with Crippen LogP contribution in [0.25, 0.3) is 0 Å². The van der Waals surface area contributed by atoms with Gasteiger partial charge in [0, 0.05) is 12.1 Å². The van der Waals surface area contributed by atoms with Gasteiger partial charge in [-0.1, -0.05) is 45.2 Å². The van der Waals surface area contributed by atoms with Gasteiger partial charge in [0.1, 0.15) is 0 Å². The van der Waals surface area contributed by atoms with Gasteiger partial charge in [0.2, 0.25) is 10.0 Å². The highest BCUT2D eigenvalue weighted by molar-refractivity contribution is 7.92. The Morgan fingerprint density at radius 2 is 1.64 bits per heavy atom. The molecule has 0 fully saturated rings. The quantitative estimate of drug-likeness (QED) is 0.450. The van der Waals surface area contributed by atoms with Crippen molar-refractivity contribution in [2.45, 2.75) is 52.3 Å². The molecule has 0 bridgehead atoms. The Morgan fingerprint density at radius 3 is 2.12 bits per heavy atom. The van der Waals surface area contributed by atoms with E-state index in [1.165, 1.54) is 0 Å². The van der Waals surface area contributed by atoms with E-state index in [-0.39, 0.29) is 18.1 Å². The lowest BCUT2D eigenvalue weighted by molar-refractivity contribution is -0.137. The Bertz CT molecular complexity index is 1000.